The van der Waals surface area contributed by atoms with Crippen molar-refractivity contribution in [2.45, 2.75) is 9.79 Å². The fraction of sp³-hybridized carbons (Fsp3) is 0.0500. The standard InChI is InChI=1S/C20H17FN2O2S2/c1-26-19-10-2-15(3-11-19)14-22-17-8-12-20(13-9-17)27(24,25)23-18-6-4-16(21)5-7-18/h2-14,23H,1H3. The maximum Gasteiger partial charge on any atom is 0.261 e. The summed E-state index contributed by atoms with van der Waals surface area (Å²) in [5.74, 6) is -0.428. The molecule has 27 heavy (non-hydrogen) atoms. The van der Waals surface area contributed by atoms with Crippen molar-refractivity contribution in [2.75, 3.05) is 11.0 Å². The van der Waals surface area contributed by atoms with Crippen LogP contribution in [0.15, 0.2) is 87.6 Å². The molecule has 3 aromatic rings. The Labute approximate surface area is 162 Å². The van der Waals surface area contributed by atoms with Crippen LogP contribution in [0.5, 0.6) is 0 Å². The van der Waals surface area contributed by atoms with Crippen LogP contribution in [0.4, 0.5) is 15.8 Å². The zero-order valence-electron chi connectivity index (χ0n) is 14.5. The van der Waals surface area contributed by atoms with E-state index < -0.39 is 15.8 Å². The van der Waals surface area contributed by atoms with Crippen molar-refractivity contribution in [3.63, 3.8) is 0 Å². The zero-order chi connectivity index (χ0) is 19.3. The first kappa shape index (κ1) is 19.1. The van der Waals surface area contributed by atoms with Crippen LogP contribution in [0.3, 0.4) is 0 Å². The van der Waals surface area contributed by atoms with Crippen molar-refractivity contribution in [3.05, 3.63) is 84.2 Å². The van der Waals surface area contributed by atoms with Gasteiger partial charge in [-0.2, -0.15) is 0 Å². The van der Waals surface area contributed by atoms with E-state index >= 15 is 0 Å². The molecule has 0 amide bonds. The fourth-order valence-electron chi connectivity index (χ4n) is 2.28. The molecule has 0 aliphatic carbocycles. The molecule has 0 aliphatic heterocycles. The van der Waals surface area contributed by atoms with Crippen LogP contribution in [0.1, 0.15) is 5.56 Å². The Balaban J connectivity index is 1.71. The summed E-state index contributed by atoms with van der Waals surface area (Å²) in [6.45, 7) is 0. The Kier molecular flexibility index (Phi) is 5.93. The van der Waals surface area contributed by atoms with E-state index in [4.69, 9.17) is 0 Å². The normalized spacial score (nSPS) is 11.6. The van der Waals surface area contributed by atoms with E-state index in [0.29, 0.717) is 11.4 Å². The summed E-state index contributed by atoms with van der Waals surface area (Å²) in [5, 5.41) is 0. The maximum absolute atomic E-state index is 12.9. The summed E-state index contributed by atoms with van der Waals surface area (Å²) in [7, 11) is -3.74. The first-order valence-corrected chi connectivity index (χ1v) is 10.7. The minimum Gasteiger partial charge on any atom is -0.280 e. The zero-order valence-corrected chi connectivity index (χ0v) is 16.1. The van der Waals surface area contributed by atoms with Crippen molar-refractivity contribution in [1.29, 1.82) is 0 Å². The van der Waals surface area contributed by atoms with Crippen LogP contribution in [-0.4, -0.2) is 20.9 Å². The average Bonchev–Trinajstić information content (AvgIpc) is 2.69. The highest BCUT2D eigenvalue weighted by atomic mass is 32.2. The Hall–Kier alpha value is -2.64. The number of rotatable bonds is 6. The first-order valence-electron chi connectivity index (χ1n) is 8.03. The lowest BCUT2D eigenvalue weighted by Gasteiger charge is -2.08. The highest BCUT2D eigenvalue weighted by Crippen LogP contribution is 2.20. The lowest BCUT2D eigenvalue weighted by molar-refractivity contribution is 0.601. The lowest BCUT2D eigenvalue weighted by atomic mass is 10.2. The van der Waals surface area contributed by atoms with Gasteiger partial charge in [-0.15, -0.1) is 11.8 Å². The van der Waals surface area contributed by atoms with Gasteiger partial charge in [0.1, 0.15) is 5.82 Å². The van der Waals surface area contributed by atoms with Crippen molar-refractivity contribution >= 4 is 39.4 Å². The van der Waals surface area contributed by atoms with E-state index in [2.05, 4.69) is 9.71 Å². The second-order valence-corrected chi connectivity index (χ2v) is 8.20. The van der Waals surface area contributed by atoms with Crippen molar-refractivity contribution in [3.8, 4) is 0 Å². The highest BCUT2D eigenvalue weighted by molar-refractivity contribution is 7.98. The molecule has 0 saturated heterocycles. The van der Waals surface area contributed by atoms with Gasteiger partial charge in [0.15, 0.2) is 0 Å². The topological polar surface area (TPSA) is 58.5 Å². The van der Waals surface area contributed by atoms with Crippen LogP contribution in [0, 0.1) is 5.82 Å². The van der Waals surface area contributed by atoms with Gasteiger partial charge in [0.2, 0.25) is 0 Å². The third-order valence-electron chi connectivity index (χ3n) is 3.72. The smallest absolute Gasteiger partial charge is 0.261 e. The van der Waals surface area contributed by atoms with Gasteiger partial charge < -0.3 is 0 Å². The van der Waals surface area contributed by atoms with Crippen LogP contribution < -0.4 is 4.72 Å². The monoisotopic (exact) mass is 400 g/mol. The Bertz CT molecular complexity index is 1030. The van der Waals surface area contributed by atoms with Gasteiger partial charge in [0, 0.05) is 16.8 Å². The van der Waals surface area contributed by atoms with Gasteiger partial charge in [-0.25, -0.2) is 12.8 Å². The van der Waals surface area contributed by atoms with E-state index in [1.54, 1.807) is 30.1 Å². The van der Waals surface area contributed by atoms with Crippen molar-refractivity contribution in [1.82, 2.24) is 0 Å². The molecular weight excluding hydrogens is 383 g/mol. The van der Waals surface area contributed by atoms with Crippen molar-refractivity contribution in [2.24, 2.45) is 4.99 Å². The number of anilines is 1. The molecule has 0 spiro atoms. The summed E-state index contributed by atoms with van der Waals surface area (Å²) in [6.07, 6.45) is 3.74. The van der Waals surface area contributed by atoms with Crippen molar-refractivity contribution < 1.29 is 12.8 Å². The molecule has 0 heterocycles. The quantitative estimate of drug-likeness (QED) is 0.463. The van der Waals surface area contributed by atoms with Gasteiger partial charge in [0.05, 0.1) is 10.6 Å². The van der Waals surface area contributed by atoms with E-state index in [-0.39, 0.29) is 4.90 Å². The summed E-state index contributed by atoms with van der Waals surface area (Å²) >= 11 is 1.67. The predicted octanol–water partition coefficient (Wildman–Crippen LogP) is 5.10. The second-order valence-electron chi connectivity index (χ2n) is 5.64. The number of hydrogen-bond acceptors (Lipinski definition) is 4. The van der Waals surface area contributed by atoms with E-state index in [0.717, 1.165) is 5.56 Å². The minimum atomic E-state index is -3.74. The SMILES string of the molecule is CSc1ccc(C=Nc2ccc(S(=O)(=O)Nc3ccc(F)cc3)cc2)cc1. The Morgan fingerprint density at radius 1 is 0.926 bits per heavy atom. The molecular formula is C20H17FN2O2S2. The predicted molar refractivity (Wildman–Crippen MR) is 109 cm³/mol. The molecule has 7 heteroatoms. The molecule has 0 radical (unpaired) electrons. The number of hydrogen-bond donors (Lipinski definition) is 1. The van der Waals surface area contributed by atoms with Gasteiger partial charge in [-0.1, -0.05) is 12.1 Å². The lowest BCUT2D eigenvalue weighted by Crippen LogP contribution is -2.12. The molecule has 0 fully saturated rings. The molecule has 0 atom stereocenters. The third kappa shape index (κ3) is 5.18. The molecule has 3 aromatic carbocycles. The van der Waals surface area contributed by atoms with Gasteiger partial charge in [0.25, 0.3) is 10.0 Å². The number of thioether (sulfide) groups is 1. The summed E-state index contributed by atoms with van der Waals surface area (Å²) in [4.78, 5) is 5.64. The number of benzene rings is 3. The van der Waals surface area contributed by atoms with E-state index in [9.17, 15) is 12.8 Å². The van der Waals surface area contributed by atoms with Crippen LogP contribution in [0.2, 0.25) is 0 Å². The number of halogens is 1. The maximum atomic E-state index is 12.9. The molecule has 3 rings (SSSR count). The van der Waals surface area contributed by atoms with Crippen LogP contribution in [-0.2, 0) is 10.0 Å². The summed E-state index contributed by atoms with van der Waals surface area (Å²) in [6, 6.07) is 19.3. The Morgan fingerprint density at radius 2 is 1.56 bits per heavy atom. The van der Waals surface area contributed by atoms with Gasteiger partial charge >= 0.3 is 0 Å². The molecule has 0 bridgehead atoms. The summed E-state index contributed by atoms with van der Waals surface area (Å²) < 4.78 is 40.1. The minimum absolute atomic E-state index is 0.107. The third-order valence-corrected chi connectivity index (χ3v) is 5.86. The number of nitrogens with zero attached hydrogens (tertiary/aromatic N) is 1. The fourth-order valence-corrected chi connectivity index (χ4v) is 3.75. The van der Waals surface area contributed by atoms with Gasteiger partial charge in [-0.05, 0) is 72.5 Å². The first-order chi connectivity index (χ1) is 13.0. The van der Waals surface area contributed by atoms with Crippen LogP contribution >= 0.6 is 11.8 Å². The molecule has 4 nitrogen and oxygen atoms in total. The summed E-state index contributed by atoms with van der Waals surface area (Å²) in [5.41, 5.74) is 1.90. The Morgan fingerprint density at radius 3 is 2.15 bits per heavy atom. The number of sulfonamides is 1. The van der Waals surface area contributed by atoms with E-state index in [1.807, 2.05) is 30.5 Å². The molecule has 138 valence electrons. The molecule has 0 aromatic heterocycles. The highest BCUT2D eigenvalue weighted by Gasteiger charge is 2.13. The number of nitrogens with one attached hydrogen (secondary N) is 1. The molecule has 0 aliphatic rings. The molecule has 1 N–H and O–H groups in total. The van der Waals surface area contributed by atoms with Crippen LogP contribution in [0.25, 0.3) is 0 Å². The largest absolute Gasteiger partial charge is 0.280 e. The average molecular weight is 401 g/mol. The molecule has 0 unspecified atom stereocenters. The van der Waals surface area contributed by atoms with Gasteiger partial charge in [-0.3, -0.25) is 9.71 Å². The molecule has 0 saturated carbocycles. The number of aliphatic imine (C=N–C) groups is 1. The second kappa shape index (κ2) is 8.37. The van der Waals surface area contributed by atoms with E-state index in [1.165, 1.54) is 41.3 Å².